The van der Waals surface area contributed by atoms with Gasteiger partial charge in [-0.3, -0.25) is 4.79 Å². The Morgan fingerprint density at radius 1 is 1.12 bits per heavy atom. The maximum atomic E-state index is 12.1. The molecule has 0 atom stereocenters. The van der Waals surface area contributed by atoms with Gasteiger partial charge >= 0.3 is 5.97 Å². The van der Waals surface area contributed by atoms with Crippen molar-refractivity contribution >= 4 is 35.4 Å². The van der Waals surface area contributed by atoms with Crippen LogP contribution in [-0.4, -0.2) is 25.2 Å². The van der Waals surface area contributed by atoms with Gasteiger partial charge in [0.1, 0.15) is 0 Å². The van der Waals surface area contributed by atoms with E-state index in [2.05, 4.69) is 5.32 Å². The van der Waals surface area contributed by atoms with E-state index in [4.69, 9.17) is 4.74 Å². The summed E-state index contributed by atoms with van der Waals surface area (Å²) in [5.74, 6) is -0.691. The first-order chi connectivity index (χ1) is 11.5. The predicted octanol–water partition coefficient (Wildman–Crippen LogP) is 4.16. The summed E-state index contributed by atoms with van der Waals surface area (Å²) >= 11 is 1.67. The number of hydrogen-bond acceptors (Lipinski definition) is 4. The Balaban J connectivity index is 2.08. The van der Waals surface area contributed by atoms with E-state index in [1.165, 1.54) is 18.1 Å². The predicted molar refractivity (Wildman–Crippen MR) is 98.4 cm³/mol. The van der Waals surface area contributed by atoms with Gasteiger partial charge < -0.3 is 10.1 Å². The van der Waals surface area contributed by atoms with E-state index in [0.717, 1.165) is 11.1 Å². The highest BCUT2D eigenvalue weighted by atomic mass is 32.2. The third kappa shape index (κ3) is 4.73. The van der Waals surface area contributed by atoms with E-state index >= 15 is 0 Å². The quantitative estimate of drug-likeness (QED) is 0.504. The molecule has 0 aliphatic heterocycles. The average Bonchev–Trinajstić information content (AvgIpc) is 2.61. The van der Waals surface area contributed by atoms with Gasteiger partial charge in [0.25, 0.3) is 0 Å². The molecule has 2 aromatic carbocycles. The molecule has 4 nitrogen and oxygen atoms in total. The standard InChI is InChI=1S/C19H19NO3S/c1-13-4-8-15(19(22)23-2)12-17(13)20-18(21)11-7-14-5-9-16(24-3)10-6-14/h4-12H,1-3H3,(H,20,21)/b11-7+. The van der Waals surface area contributed by atoms with Crippen LogP contribution in [0.15, 0.2) is 53.4 Å². The highest BCUT2D eigenvalue weighted by Crippen LogP contribution is 2.18. The molecular formula is C19H19NO3S. The van der Waals surface area contributed by atoms with Gasteiger partial charge in [-0.05, 0) is 54.6 Å². The average molecular weight is 341 g/mol. The number of carbonyl (C=O) groups excluding carboxylic acids is 2. The van der Waals surface area contributed by atoms with Gasteiger partial charge in [0, 0.05) is 16.7 Å². The minimum Gasteiger partial charge on any atom is -0.465 e. The molecule has 0 heterocycles. The Morgan fingerprint density at radius 2 is 1.83 bits per heavy atom. The van der Waals surface area contributed by atoms with E-state index in [9.17, 15) is 9.59 Å². The summed E-state index contributed by atoms with van der Waals surface area (Å²) in [6.45, 7) is 1.86. The summed E-state index contributed by atoms with van der Waals surface area (Å²) in [6.07, 6.45) is 5.24. The molecule has 0 fully saturated rings. The Hall–Kier alpha value is -2.53. The highest BCUT2D eigenvalue weighted by Gasteiger charge is 2.09. The van der Waals surface area contributed by atoms with Gasteiger partial charge in [-0.25, -0.2) is 4.79 Å². The third-order valence-corrected chi connectivity index (χ3v) is 4.20. The molecule has 124 valence electrons. The van der Waals surface area contributed by atoms with Crippen molar-refractivity contribution in [1.82, 2.24) is 0 Å². The Labute approximate surface area is 145 Å². The fourth-order valence-electron chi connectivity index (χ4n) is 2.06. The fraction of sp³-hybridized carbons (Fsp3) is 0.158. The molecule has 0 aliphatic rings. The molecule has 2 aromatic rings. The lowest BCUT2D eigenvalue weighted by molar-refractivity contribution is -0.111. The lowest BCUT2D eigenvalue weighted by Gasteiger charge is -2.08. The SMILES string of the molecule is COC(=O)c1ccc(C)c(NC(=O)/C=C/c2ccc(SC)cc2)c1. The van der Waals surface area contributed by atoms with Gasteiger partial charge in [0.05, 0.1) is 12.7 Å². The second-order valence-electron chi connectivity index (χ2n) is 5.12. The van der Waals surface area contributed by atoms with E-state index in [-0.39, 0.29) is 5.91 Å². The van der Waals surface area contributed by atoms with Crippen LogP contribution in [0.2, 0.25) is 0 Å². The van der Waals surface area contributed by atoms with E-state index in [0.29, 0.717) is 11.3 Å². The summed E-state index contributed by atoms with van der Waals surface area (Å²) in [7, 11) is 1.32. The summed E-state index contributed by atoms with van der Waals surface area (Å²) in [4.78, 5) is 24.8. The molecule has 0 spiro atoms. The molecule has 0 radical (unpaired) electrons. The molecule has 5 heteroatoms. The molecule has 1 amide bonds. The lowest BCUT2D eigenvalue weighted by atomic mass is 10.1. The number of nitrogens with one attached hydrogen (secondary N) is 1. The van der Waals surface area contributed by atoms with Crippen molar-refractivity contribution in [2.75, 3.05) is 18.7 Å². The maximum Gasteiger partial charge on any atom is 0.337 e. The highest BCUT2D eigenvalue weighted by molar-refractivity contribution is 7.98. The van der Waals surface area contributed by atoms with Crippen LogP contribution >= 0.6 is 11.8 Å². The number of carbonyl (C=O) groups is 2. The number of benzene rings is 2. The zero-order valence-corrected chi connectivity index (χ0v) is 14.6. The van der Waals surface area contributed by atoms with Crippen molar-refractivity contribution in [3.8, 4) is 0 Å². The number of esters is 1. The van der Waals surface area contributed by atoms with Crippen LogP contribution in [0, 0.1) is 6.92 Å². The van der Waals surface area contributed by atoms with Crippen molar-refractivity contribution in [2.45, 2.75) is 11.8 Å². The van der Waals surface area contributed by atoms with Crippen molar-refractivity contribution in [2.24, 2.45) is 0 Å². The molecule has 0 bridgehead atoms. The van der Waals surface area contributed by atoms with Gasteiger partial charge in [-0.15, -0.1) is 11.8 Å². The van der Waals surface area contributed by atoms with Gasteiger partial charge in [-0.2, -0.15) is 0 Å². The topological polar surface area (TPSA) is 55.4 Å². The van der Waals surface area contributed by atoms with Crippen LogP contribution in [0.3, 0.4) is 0 Å². The van der Waals surface area contributed by atoms with E-state index < -0.39 is 5.97 Å². The number of ether oxygens (including phenoxy) is 1. The number of anilines is 1. The second-order valence-corrected chi connectivity index (χ2v) is 6.00. The molecular weight excluding hydrogens is 322 g/mol. The molecule has 1 N–H and O–H groups in total. The summed E-state index contributed by atoms with van der Waals surface area (Å²) in [5, 5.41) is 2.78. The van der Waals surface area contributed by atoms with Crippen molar-refractivity contribution < 1.29 is 14.3 Å². The minimum absolute atomic E-state index is 0.256. The molecule has 24 heavy (non-hydrogen) atoms. The van der Waals surface area contributed by atoms with E-state index in [1.807, 2.05) is 37.4 Å². The van der Waals surface area contributed by atoms with Gasteiger partial charge in [-0.1, -0.05) is 18.2 Å². The Bertz CT molecular complexity index is 767. The van der Waals surface area contributed by atoms with Crippen molar-refractivity contribution in [1.29, 1.82) is 0 Å². The number of aryl methyl sites for hydroxylation is 1. The molecule has 0 aliphatic carbocycles. The van der Waals surface area contributed by atoms with Crippen LogP contribution in [0.4, 0.5) is 5.69 Å². The van der Waals surface area contributed by atoms with E-state index in [1.54, 1.807) is 36.0 Å². The van der Waals surface area contributed by atoms with Gasteiger partial charge in [0.15, 0.2) is 0 Å². The van der Waals surface area contributed by atoms with Crippen LogP contribution in [-0.2, 0) is 9.53 Å². The first-order valence-electron chi connectivity index (χ1n) is 7.35. The summed E-state index contributed by atoms with van der Waals surface area (Å²) < 4.78 is 4.69. The smallest absolute Gasteiger partial charge is 0.337 e. The van der Waals surface area contributed by atoms with Crippen molar-refractivity contribution in [3.63, 3.8) is 0 Å². The van der Waals surface area contributed by atoms with Crippen molar-refractivity contribution in [3.05, 3.63) is 65.2 Å². The lowest BCUT2D eigenvalue weighted by Crippen LogP contribution is -2.10. The van der Waals surface area contributed by atoms with Crippen LogP contribution in [0.1, 0.15) is 21.5 Å². The molecule has 0 saturated carbocycles. The zero-order valence-electron chi connectivity index (χ0n) is 13.8. The number of amides is 1. The molecule has 0 saturated heterocycles. The maximum absolute atomic E-state index is 12.1. The van der Waals surface area contributed by atoms with Crippen LogP contribution < -0.4 is 5.32 Å². The van der Waals surface area contributed by atoms with Crippen LogP contribution in [0.5, 0.6) is 0 Å². The second kappa shape index (κ2) is 8.36. The Kier molecular flexibility index (Phi) is 6.21. The number of methoxy groups -OCH3 is 1. The first-order valence-corrected chi connectivity index (χ1v) is 8.58. The molecule has 0 aromatic heterocycles. The number of rotatable bonds is 5. The molecule has 0 unspecified atom stereocenters. The van der Waals surface area contributed by atoms with Gasteiger partial charge in [0.2, 0.25) is 5.91 Å². The largest absolute Gasteiger partial charge is 0.465 e. The third-order valence-electron chi connectivity index (χ3n) is 3.46. The summed E-state index contributed by atoms with van der Waals surface area (Å²) in [6, 6.07) is 13.0. The normalized spacial score (nSPS) is 10.6. The number of thioether (sulfide) groups is 1. The number of hydrogen-bond donors (Lipinski definition) is 1. The fourth-order valence-corrected chi connectivity index (χ4v) is 2.47. The molecule has 2 rings (SSSR count). The summed E-state index contributed by atoms with van der Waals surface area (Å²) in [5.41, 5.74) is 2.80. The van der Waals surface area contributed by atoms with Crippen LogP contribution in [0.25, 0.3) is 6.08 Å². The first kappa shape index (κ1) is 17.8. The Morgan fingerprint density at radius 3 is 2.46 bits per heavy atom. The monoisotopic (exact) mass is 341 g/mol. The zero-order chi connectivity index (χ0) is 17.5. The minimum atomic E-state index is -0.435.